The van der Waals surface area contributed by atoms with E-state index in [9.17, 15) is 9.18 Å². The Bertz CT molecular complexity index is 240. The third-order valence-corrected chi connectivity index (χ3v) is 2.25. The summed E-state index contributed by atoms with van der Waals surface area (Å²) in [6.45, 7) is 5.17. The van der Waals surface area contributed by atoms with Gasteiger partial charge in [0, 0.05) is 12.6 Å². The Kier molecular flexibility index (Phi) is 3.54. The average molecular weight is 218 g/mol. The molecule has 0 bridgehead atoms. The highest BCUT2D eigenvalue weighted by atomic mass is 19.1. The number of nitrogens with two attached hydrogens (primary N) is 1. The molecule has 0 aromatic carbocycles. The van der Waals surface area contributed by atoms with Gasteiger partial charge < -0.3 is 15.4 Å². The topological polar surface area (TPSA) is 55.6 Å². The molecular formula is C10H19FN2O2. The molecule has 5 heteroatoms. The van der Waals surface area contributed by atoms with E-state index in [2.05, 4.69) is 0 Å². The normalized spacial score (nSPS) is 26.9. The summed E-state index contributed by atoms with van der Waals surface area (Å²) in [4.78, 5) is 13.0. The number of hydrogen-bond donors (Lipinski definition) is 1. The highest BCUT2D eigenvalue weighted by Crippen LogP contribution is 2.20. The fourth-order valence-corrected chi connectivity index (χ4v) is 1.64. The molecule has 1 saturated heterocycles. The zero-order valence-corrected chi connectivity index (χ0v) is 9.50. The molecule has 1 heterocycles. The van der Waals surface area contributed by atoms with Crippen LogP contribution >= 0.6 is 0 Å². The molecule has 0 radical (unpaired) electrons. The molecule has 2 unspecified atom stereocenters. The maximum Gasteiger partial charge on any atom is 0.410 e. The molecule has 1 aliphatic heterocycles. The molecule has 0 aromatic rings. The number of carbonyl (C=O) groups excluding carboxylic acids is 1. The van der Waals surface area contributed by atoms with Crippen molar-refractivity contribution in [2.24, 2.45) is 5.73 Å². The number of likely N-dealkylation sites (tertiary alicyclic amines) is 1. The number of ether oxygens (including phenoxy) is 1. The van der Waals surface area contributed by atoms with Crippen molar-refractivity contribution < 1.29 is 13.9 Å². The summed E-state index contributed by atoms with van der Waals surface area (Å²) in [5.41, 5.74) is 5.13. The average Bonchev–Trinajstić information content (AvgIpc) is 2.43. The van der Waals surface area contributed by atoms with Crippen LogP contribution in [0.15, 0.2) is 0 Å². The van der Waals surface area contributed by atoms with E-state index in [1.807, 2.05) is 0 Å². The lowest BCUT2D eigenvalue weighted by Crippen LogP contribution is -2.41. The third-order valence-electron chi connectivity index (χ3n) is 2.25. The molecule has 0 aromatic heterocycles. The summed E-state index contributed by atoms with van der Waals surface area (Å²) in [6, 6.07) is -0.562. The number of halogens is 1. The van der Waals surface area contributed by atoms with Crippen LogP contribution in [0.2, 0.25) is 0 Å². The minimum Gasteiger partial charge on any atom is -0.444 e. The second-order valence-corrected chi connectivity index (χ2v) is 4.94. The number of nitrogens with zero attached hydrogens (tertiary/aromatic N) is 1. The van der Waals surface area contributed by atoms with Crippen LogP contribution in [0.25, 0.3) is 0 Å². The van der Waals surface area contributed by atoms with Crippen molar-refractivity contribution >= 4 is 6.09 Å². The van der Waals surface area contributed by atoms with Crippen molar-refractivity contribution in [2.75, 3.05) is 13.2 Å². The first kappa shape index (κ1) is 12.2. The van der Waals surface area contributed by atoms with E-state index in [0.717, 1.165) is 0 Å². The summed E-state index contributed by atoms with van der Waals surface area (Å²) in [5.74, 6) is 0. The van der Waals surface area contributed by atoms with E-state index < -0.39 is 24.4 Å². The highest BCUT2D eigenvalue weighted by Gasteiger charge is 2.35. The van der Waals surface area contributed by atoms with Gasteiger partial charge in [0.2, 0.25) is 0 Å². The van der Waals surface area contributed by atoms with Gasteiger partial charge in [-0.1, -0.05) is 0 Å². The van der Waals surface area contributed by atoms with E-state index in [-0.39, 0.29) is 6.04 Å². The predicted octanol–water partition coefficient (Wildman–Crippen LogP) is 1.29. The van der Waals surface area contributed by atoms with Crippen LogP contribution in [0.4, 0.5) is 9.18 Å². The van der Waals surface area contributed by atoms with Crippen molar-refractivity contribution in [3.05, 3.63) is 0 Å². The smallest absolute Gasteiger partial charge is 0.410 e. The first-order valence-corrected chi connectivity index (χ1v) is 5.14. The van der Waals surface area contributed by atoms with Gasteiger partial charge in [-0.25, -0.2) is 9.18 Å². The van der Waals surface area contributed by atoms with Crippen LogP contribution in [0.5, 0.6) is 0 Å². The molecule has 1 amide bonds. The van der Waals surface area contributed by atoms with Gasteiger partial charge in [0.05, 0.1) is 6.04 Å². The Hall–Kier alpha value is -0.840. The quantitative estimate of drug-likeness (QED) is 0.721. The number of alkyl halides is 1. The maximum absolute atomic E-state index is 12.6. The van der Waals surface area contributed by atoms with Crippen LogP contribution in [-0.2, 0) is 4.74 Å². The minimum atomic E-state index is -0.563. The second-order valence-electron chi connectivity index (χ2n) is 4.94. The summed E-state index contributed by atoms with van der Waals surface area (Å²) in [5, 5.41) is 0. The summed E-state index contributed by atoms with van der Waals surface area (Å²) < 4.78 is 17.8. The van der Waals surface area contributed by atoms with Crippen molar-refractivity contribution in [2.45, 2.75) is 44.9 Å². The van der Waals surface area contributed by atoms with Gasteiger partial charge in [-0.05, 0) is 27.2 Å². The molecule has 0 aliphatic carbocycles. The Morgan fingerprint density at radius 3 is 2.67 bits per heavy atom. The fourth-order valence-electron chi connectivity index (χ4n) is 1.64. The number of hydrogen-bond acceptors (Lipinski definition) is 3. The maximum atomic E-state index is 12.6. The van der Waals surface area contributed by atoms with E-state index in [4.69, 9.17) is 10.5 Å². The van der Waals surface area contributed by atoms with Crippen molar-refractivity contribution in [3.8, 4) is 0 Å². The Balaban J connectivity index is 2.59. The molecule has 15 heavy (non-hydrogen) atoms. The molecule has 1 fully saturated rings. The van der Waals surface area contributed by atoms with E-state index in [0.29, 0.717) is 13.0 Å². The van der Waals surface area contributed by atoms with Crippen LogP contribution in [0, 0.1) is 0 Å². The highest BCUT2D eigenvalue weighted by molar-refractivity contribution is 5.69. The zero-order chi connectivity index (χ0) is 11.6. The van der Waals surface area contributed by atoms with Gasteiger partial charge in [-0.3, -0.25) is 0 Å². The van der Waals surface area contributed by atoms with Crippen molar-refractivity contribution in [1.82, 2.24) is 4.90 Å². The molecule has 88 valence electrons. The Morgan fingerprint density at radius 1 is 1.60 bits per heavy atom. The minimum absolute atomic E-state index is 0.140. The van der Waals surface area contributed by atoms with Gasteiger partial charge in [-0.15, -0.1) is 0 Å². The van der Waals surface area contributed by atoms with E-state index in [1.165, 1.54) is 4.90 Å². The Labute approximate surface area is 89.6 Å². The van der Waals surface area contributed by atoms with Gasteiger partial charge in [-0.2, -0.15) is 0 Å². The Morgan fingerprint density at radius 2 is 2.20 bits per heavy atom. The first-order chi connectivity index (χ1) is 6.83. The second kappa shape index (κ2) is 4.35. The summed E-state index contributed by atoms with van der Waals surface area (Å²) in [7, 11) is 0. The van der Waals surface area contributed by atoms with Gasteiger partial charge in [0.25, 0.3) is 0 Å². The van der Waals surface area contributed by atoms with Crippen LogP contribution < -0.4 is 5.73 Å². The summed E-state index contributed by atoms with van der Waals surface area (Å²) >= 11 is 0. The standard InChI is InChI=1S/C10H19FN2O2/c1-10(2,3)15-9(14)13-6-7(12)4-8(13)5-11/h7-8H,4-6,12H2,1-3H3. The van der Waals surface area contributed by atoms with Crippen molar-refractivity contribution in [1.29, 1.82) is 0 Å². The predicted molar refractivity (Wildman–Crippen MR) is 55.3 cm³/mol. The van der Waals surface area contributed by atoms with Gasteiger partial charge in [0.1, 0.15) is 12.3 Å². The van der Waals surface area contributed by atoms with Gasteiger partial charge in [0.15, 0.2) is 0 Å². The van der Waals surface area contributed by atoms with Crippen LogP contribution in [-0.4, -0.2) is 41.9 Å². The van der Waals surface area contributed by atoms with Gasteiger partial charge >= 0.3 is 6.09 Å². The van der Waals surface area contributed by atoms with E-state index >= 15 is 0 Å². The number of amides is 1. The monoisotopic (exact) mass is 218 g/mol. The molecule has 1 rings (SSSR count). The van der Waals surface area contributed by atoms with Crippen LogP contribution in [0.1, 0.15) is 27.2 Å². The SMILES string of the molecule is CC(C)(C)OC(=O)N1CC(N)CC1CF. The first-order valence-electron chi connectivity index (χ1n) is 5.14. The molecule has 2 atom stereocenters. The summed E-state index contributed by atoms with van der Waals surface area (Å²) in [6.07, 6.45) is 0.0357. The lowest BCUT2D eigenvalue weighted by Gasteiger charge is -2.27. The molecule has 0 spiro atoms. The lowest BCUT2D eigenvalue weighted by molar-refractivity contribution is 0.0206. The molecule has 2 N–H and O–H groups in total. The molecule has 0 saturated carbocycles. The molecule has 4 nitrogen and oxygen atoms in total. The fraction of sp³-hybridized carbons (Fsp3) is 0.900. The largest absolute Gasteiger partial charge is 0.444 e. The number of carbonyl (C=O) groups is 1. The van der Waals surface area contributed by atoms with Crippen molar-refractivity contribution in [3.63, 3.8) is 0 Å². The van der Waals surface area contributed by atoms with Crippen LogP contribution in [0.3, 0.4) is 0 Å². The lowest BCUT2D eigenvalue weighted by atomic mass is 10.2. The molecular weight excluding hydrogens is 199 g/mol. The zero-order valence-electron chi connectivity index (χ0n) is 9.50. The third kappa shape index (κ3) is 3.34. The number of rotatable bonds is 1. The molecule has 1 aliphatic rings. The van der Waals surface area contributed by atoms with E-state index in [1.54, 1.807) is 20.8 Å².